The van der Waals surface area contributed by atoms with Crippen LogP contribution in [0.3, 0.4) is 0 Å². The molecule has 2 aromatic carbocycles. The Labute approximate surface area is 206 Å². The van der Waals surface area contributed by atoms with Gasteiger partial charge in [0.15, 0.2) is 0 Å². The monoisotopic (exact) mass is 478 g/mol. The van der Waals surface area contributed by atoms with Gasteiger partial charge in [0, 0.05) is 19.5 Å². The van der Waals surface area contributed by atoms with E-state index in [4.69, 9.17) is 4.74 Å². The van der Waals surface area contributed by atoms with Crippen LogP contribution in [0.2, 0.25) is 0 Å². The van der Waals surface area contributed by atoms with E-state index < -0.39 is 23.0 Å². The van der Waals surface area contributed by atoms with Crippen LogP contribution in [-0.4, -0.2) is 53.7 Å². The molecule has 1 fully saturated rings. The van der Waals surface area contributed by atoms with Gasteiger partial charge < -0.3 is 20.1 Å². The van der Waals surface area contributed by atoms with Crippen LogP contribution in [0.5, 0.6) is 0 Å². The van der Waals surface area contributed by atoms with E-state index >= 15 is 0 Å². The van der Waals surface area contributed by atoms with Gasteiger partial charge in [-0.1, -0.05) is 67.8 Å². The zero-order valence-corrected chi connectivity index (χ0v) is 20.7. The minimum atomic E-state index is -1.34. The van der Waals surface area contributed by atoms with Gasteiger partial charge in [-0.15, -0.1) is 0 Å². The second-order valence-electron chi connectivity index (χ2n) is 10.2. The van der Waals surface area contributed by atoms with E-state index in [9.17, 15) is 19.5 Å². The first-order chi connectivity index (χ1) is 16.7. The Morgan fingerprint density at radius 1 is 1.00 bits per heavy atom. The number of aliphatic carboxylic acids is 1. The van der Waals surface area contributed by atoms with Crippen LogP contribution in [-0.2, 0) is 14.3 Å². The average Bonchev–Trinajstić information content (AvgIpc) is 3.19. The first-order valence-corrected chi connectivity index (χ1v) is 12.3. The Kier molecular flexibility index (Phi) is 6.88. The molecule has 0 atom stereocenters. The molecule has 0 radical (unpaired) electrons. The van der Waals surface area contributed by atoms with Crippen molar-refractivity contribution >= 4 is 18.0 Å². The van der Waals surface area contributed by atoms with Gasteiger partial charge in [-0.05, 0) is 48.9 Å². The fraction of sp³-hybridized carbons (Fsp3) is 0.464. The lowest BCUT2D eigenvalue weighted by Gasteiger charge is -2.42. The minimum absolute atomic E-state index is 0.0408. The van der Waals surface area contributed by atoms with E-state index in [0.717, 1.165) is 41.5 Å². The summed E-state index contributed by atoms with van der Waals surface area (Å²) in [6.45, 7) is 3.36. The predicted molar refractivity (Wildman–Crippen MR) is 133 cm³/mol. The molecule has 0 aromatic heterocycles. The van der Waals surface area contributed by atoms with Crippen LogP contribution >= 0.6 is 0 Å². The van der Waals surface area contributed by atoms with Crippen molar-refractivity contribution in [3.8, 4) is 11.1 Å². The number of carbonyl (C=O) groups is 3. The van der Waals surface area contributed by atoms with E-state index in [0.29, 0.717) is 12.8 Å². The summed E-state index contributed by atoms with van der Waals surface area (Å²) in [5.74, 6) is -1.35. The molecule has 2 N–H and O–H groups in total. The third-order valence-corrected chi connectivity index (χ3v) is 7.85. The van der Waals surface area contributed by atoms with Gasteiger partial charge >= 0.3 is 12.1 Å². The molecular formula is C28H34N2O5. The summed E-state index contributed by atoms with van der Waals surface area (Å²) in [5, 5.41) is 12.4. The Hall–Kier alpha value is -3.35. The van der Waals surface area contributed by atoms with Gasteiger partial charge in [-0.25, -0.2) is 9.59 Å². The number of carboxylic acid groups (broad SMARTS) is 1. The average molecular weight is 479 g/mol. The third-order valence-electron chi connectivity index (χ3n) is 7.85. The van der Waals surface area contributed by atoms with E-state index in [1.807, 2.05) is 24.3 Å². The zero-order valence-electron chi connectivity index (χ0n) is 20.7. The molecule has 0 bridgehead atoms. The quantitative estimate of drug-likeness (QED) is 0.596. The van der Waals surface area contributed by atoms with Crippen molar-refractivity contribution in [3.63, 3.8) is 0 Å². The SMILES string of the molecule is CN(C(=O)C1(CNC(=O)OCC2c3ccccc3-c3ccccc32)CCCCC1)C(C)(C)C(=O)O. The molecular weight excluding hydrogens is 444 g/mol. The standard InChI is InChI=1S/C28H34N2O5/c1-27(2,25(32)33)30(3)24(31)28(15-9-4-10-16-28)18-29-26(34)35-17-23-21-13-7-5-11-19(21)20-12-6-8-14-22(20)23/h5-8,11-14,23H,4,9-10,15-18H2,1-3H3,(H,29,34)(H,32,33). The molecule has 0 aliphatic heterocycles. The second kappa shape index (κ2) is 9.72. The number of fused-ring (bicyclic) bond motifs is 3. The van der Waals surface area contributed by atoms with Gasteiger partial charge in [-0.3, -0.25) is 4.79 Å². The number of alkyl carbamates (subject to hydrolysis) is 1. The first-order valence-electron chi connectivity index (χ1n) is 12.3. The maximum absolute atomic E-state index is 13.5. The Bertz CT molecular complexity index is 1070. The molecule has 0 spiro atoms. The van der Waals surface area contributed by atoms with Crippen LogP contribution in [0.25, 0.3) is 11.1 Å². The molecule has 35 heavy (non-hydrogen) atoms. The maximum atomic E-state index is 13.5. The van der Waals surface area contributed by atoms with Gasteiger partial charge in [0.1, 0.15) is 12.1 Å². The second-order valence-corrected chi connectivity index (χ2v) is 10.2. The molecule has 7 nitrogen and oxygen atoms in total. The van der Waals surface area contributed by atoms with Crippen molar-refractivity contribution in [1.82, 2.24) is 10.2 Å². The van der Waals surface area contributed by atoms with E-state index in [1.165, 1.54) is 25.8 Å². The summed E-state index contributed by atoms with van der Waals surface area (Å²) in [7, 11) is 1.53. The number of amides is 2. The lowest BCUT2D eigenvalue weighted by atomic mass is 9.72. The number of ether oxygens (including phenoxy) is 1. The Balaban J connectivity index is 1.43. The van der Waals surface area contributed by atoms with Crippen LogP contribution in [0.1, 0.15) is 63.0 Å². The molecule has 7 heteroatoms. The van der Waals surface area contributed by atoms with Gasteiger partial charge in [0.2, 0.25) is 5.91 Å². The molecule has 0 saturated heterocycles. The molecule has 2 amide bonds. The number of hydrogen-bond donors (Lipinski definition) is 2. The lowest BCUT2D eigenvalue weighted by Crippen LogP contribution is -2.58. The van der Waals surface area contributed by atoms with Crippen molar-refractivity contribution in [3.05, 3.63) is 59.7 Å². The largest absolute Gasteiger partial charge is 0.480 e. The third kappa shape index (κ3) is 4.64. The fourth-order valence-corrected chi connectivity index (χ4v) is 5.34. The van der Waals surface area contributed by atoms with Gasteiger partial charge in [0.25, 0.3) is 0 Å². The van der Waals surface area contributed by atoms with Gasteiger partial charge in [-0.2, -0.15) is 0 Å². The molecule has 0 unspecified atom stereocenters. The van der Waals surface area contributed by atoms with Crippen molar-refractivity contribution in [1.29, 1.82) is 0 Å². The van der Waals surface area contributed by atoms with Crippen molar-refractivity contribution in [2.75, 3.05) is 20.2 Å². The highest BCUT2D eigenvalue weighted by Gasteiger charge is 2.46. The summed E-state index contributed by atoms with van der Waals surface area (Å²) in [6.07, 6.45) is 3.39. The number of nitrogens with zero attached hydrogens (tertiary/aromatic N) is 1. The van der Waals surface area contributed by atoms with E-state index in [1.54, 1.807) is 0 Å². The molecule has 2 aliphatic rings. The summed E-state index contributed by atoms with van der Waals surface area (Å²) in [4.78, 5) is 39.3. The smallest absolute Gasteiger partial charge is 0.407 e. The normalized spacial score (nSPS) is 16.7. The van der Waals surface area contributed by atoms with Crippen LogP contribution in [0, 0.1) is 5.41 Å². The molecule has 186 valence electrons. The molecule has 4 rings (SSSR count). The highest BCUT2D eigenvalue weighted by molar-refractivity contribution is 5.90. The number of nitrogens with one attached hydrogen (secondary N) is 1. The van der Waals surface area contributed by atoms with Gasteiger partial charge in [0.05, 0.1) is 5.41 Å². The Morgan fingerprint density at radius 2 is 1.54 bits per heavy atom. The topological polar surface area (TPSA) is 95.9 Å². The molecule has 2 aromatic rings. The van der Waals surface area contributed by atoms with Crippen LogP contribution in [0.4, 0.5) is 4.79 Å². The summed E-state index contributed by atoms with van der Waals surface area (Å²) >= 11 is 0. The highest BCUT2D eigenvalue weighted by Crippen LogP contribution is 2.44. The molecule has 2 aliphatic carbocycles. The van der Waals surface area contributed by atoms with Crippen LogP contribution < -0.4 is 5.32 Å². The molecule has 0 heterocycles. The van der Waals surface area contributed by atoms with Crippen molar-refractivity contribution < 1.29 is 24.2 Å². The van der Waals surface area contributed by atoms with E-state index in [-0.39, 0.29) is 25.0 Å². The lowest BCUT2D eigenvalue weighted by molar-refractivity contribution is -0.161. The van der Waals surface area contributed by atoms with Crippen LogP contribution in [0.15, 0.2) is 48.5 Å². The number of rotatable bonds is 7. The minimum Gasteiger partial charge on any atom is -0.480 e. The predicted octanol–water partition coefficient (Wildman–Crippen LogP) is 4.80. The number of carboxylic acids is 1. The number of likely N-dealkylation sites (N-methyl/N-ethyl adjacent to an activating group) is 1. The summed E-state index contributed by atoms with van der Waals surface area (Å²) in [5.41, 5.74) is 2.42. The fourth-order valence-electron chi connectivity index (χ4n) is 5.34. The van der Waals surface area contributed by atoms with E-state index in [2.05, 4.69) is 29.6 Å². The van der Waals surface area contributed by atoms with Crippen molar-refractivity contribution in [2.24, 2.45) is 5.41 Å². The Morgan fingerprint density at radius 3 is 2.09 bits per heavy atom. The maximum Gasteiger partial charge on any atom is 0.407 e. The summed E-state index contributed by atoms with van der Waals surface area (Å²) < 4.78 is 5.65. The first kappa shape index (κ1) is 24.8. The zero-order chi connectivity index (χ0) is 25.2. The highest BCUT2D eigenvalue weighted by atomic mass is 16.5. The van der Waals surface area contributed by atoms with Crippen molar-refractivity contribution in [2.45, 2.75) is 57.4 Å². The molecule has 1 saturated carbocycles. The number of hydrogen-bond acceptors (Lipinski definition) is 4. The summed E-state index contributed by atoms with van der Waals surface area (Å²) in [6, 6.07) is 16.3. The number of carbonyl (C=O) groups excluding carboxylic acids is 2. The number of benzene rings is 2.